The molecule has 2 atom stereocenters. The zero-order chi connectivity index (χ0) is 22.1. The van der Waals surface area contributed by atoms with E-state index in [0.717, 1.165) is 60.7 Å². The number of fused-ring (bicyclic) bond motifs is 3. The predicted octanol–water partition coefficient (Wildman–Crippen LogP) is 4.37. The molecule has 1 N–H and O–H groups in total. The van der Waals surface area contributed by atoms with Crippen molar-refractivity contribution in [2.75, 3.05) is 13.2 Å². The largest absolute Gasteiger partial charge is 0.478 e. The number of rotatable bonds is 7. The first kappa shape index (κ1) is 20.8. The minimum Gasteiger partial charge on any atom is -0.478 e. The van der Waals surface area contributed by atoms with Crippen LogP contribution in [-0.4, -0.2) is 51.7 Å². The lowest BCUT2D eigenvalue weighted by atomic mass is 10.1. The van der Waals surface area contributed by atoms with E-state index in [1.165, 1.54) is 0 Å². The second-order valence-corrected chi connectivity index (χ2v) is 8.85. The van der Waals surface area contributed by atoms with Crippen molar-refractivity contribution in [1.29, 1.82) is 0 Å². The summed E-state index contributed by atoms with van der Waals surface area (Å²) in [4.78, 5) is 26.6. The van der Waals surface area contributed by atoms with Gasteiger partial charge in [-0.2, -0.15) is 0 Å². The highest BCUT2D eigenvalue weighted by molar-refractivity contribution is 6.07. The number of unbranched alkanes of at least 4 members (excludes halogenated alkanes) is 1. The van der Waals surface area contributed by atoms with Gasteiger partial charge in [0.05, 0.1) is 36.4 Å². The third kappa shape index (κ3) is 3.91. The Balaban J connectivity index is 1.28. The maximum absolute atomic E-state index is 13.5. The van der Waals surface area contributed by atoms with Gasteiger partial charge in [-0.25, -0.2) is 4.79 Å². The van der Waals surface area contributed by atoms with Gasteiger partial charge in [0.25, 0.3) is 5.91 Å². The molecule has 0 radical (unpaired) electrons. The smallest absolute Gasteiger partial charge is 0.335 e. The molecular formula is C26H28N2O4. The van der Waals surface area contributed by atoms with Crippen LogP contribution in [-0.2, 0) is 17.7 Å². The molecule has 2 fully saturated rings. The van der Waals surface area contributed by atoms with Crippen LogP contribution in [0.4, 0.5) is 0 Å². The molecule has 32 heavy (non-hydrogen) atoms. The molecule has 3 aromatic rings. The van der Waals surface area contributed by atoms with E-state index in [0.29, 0.717) is 18.8 Å². The molecule has 6 heteroatoms. The number of carbonyl (C=O) groups excluding carboxylic acids is 1. The topological polar surface area (TPSA) is 71.8 Å². The zero-order valence-electron chi connectivity index (χ0n) is 18.1. The first-order chi connectivity index (χ1) is 15.6. The quantitative estimate of drug-likeness (QED) is 0.563. The third-order valence-corrected chi connectivity index (χ3v) is 6.81. The number of ether oxygens (including phenoxy) is 1. The van der Waals surface area contributed by atoms with Crippen molar-refractivity contribution in [2.24, 2.45) is 0 Å². The SMILES string of the molecule is O=C(O)c1ccc(CCCCn2cc(C(=O)N3C4CCC3COC4)c3ccccc32)cc1. The number of hydrogen-bond donors (Lipinski definition) is 1. The molecule has 2 aliphatic heterocycles. The van der Waals surface area contributed by atoms with Crippen LogP contribution < -0.4 is 0 Å². The number of carboxylic acid groups (broad SMARTS) is 1. The number of amides is 1. The zero-order valence-corrected chi connectivity index (χ0v) is 18.1. The summed E-state index contributed by atoms with van der Waals surface area (Å²) in [6.07, 6.45) is 6.97. The summed E-state index contributed by atoms with van der Waals surface area (Å²) in [5.41, 5.74) is 3.36. The van der Waals surface area contributed by atoms with Crippen LogP contribution in [0.1, 0.15) is 52.0 Å². The molecule has 1 aromatic heterocycles. The lowest BCUT2D eigenvalue weighted by molar-refractivity contribution is -0.00706. The van der Waals surface area contributed by atoms with Crippen LogP contribution in [0.3, 0.4) is 0 Å². The summed E-state index contributed by atoms with van der Waals surface area (Å²) < 4.78 is 7.86. The number of aromatic nitrogens is 1. The van der Waals surface area contributed by atoms with Crippen molar-refractivity contribution in [3.8, 4) is 0 Å². The molecular weight excluding hydrogens is 404 g/mol. The Bertz CT molecular complexity index is 1120. The first-order valence-electron chi connectivity index (χ1n) is 11.4. The van der Waals surface area contributed by atoms with Gasteiger partial charge in [0.1, 0.15) is 0 Å². The first-order valence-corrected chi connectivity index (χ1v) is 11.4. The molecule has 2 aliphatic rings. The molecule has 2 bridgehead atoms. The van der Waals surface area contributed by atoms with E-state index in [1.54, 1.807) is 12.1 Å². The number of hydrogen-bond acceptors (Lipinski definition) is 3. The number of aryl methyl sites for hydroxylation is 2. The molecule has 2 aromatic carbocycles. The van der Waals surface area contributed by atoms with Gasteiger partial charge in [-0.15, -0.1) is 0 Å². The molecule has 0 saturated carbocycles. The van der Waals surface area contributed by atoms with Gasteiger partial charge in [0, 0.05) is 23.6 Å². The van der Waals surface area contributed by atoms with E-state index >= 15 is 0 Å². The Kier molecular flexibility index (Phi) is 5.70. The summed E-state index contributed by atoms with van der Waals surface area (Å²) in [6, 6.07) is 15.7. The maximum Gasteiger partial charge on any atom is 0.335 e. The standard InChI is InChI=1S/C26H28N2O4/c29-25(28-20-12-13-21(28)17-32-16-20)23-15-27(24-7-2-1-6-22(23)24)14-4-3-5-18-8-10-19(11-9-18)26(30)31/h1-2,6-11,15,20-21H,3-5,12-14,16-17H2,(H,30,31). The Morgan fingerprint density at radius 1 is 0.969 bits per heavy atom. The number of para-hydroxylation sites is 1. The number of aromatic carboxylic acids is 1. The fourth-order valence-electron chi connectivity index (χ4n) is 5.13. The summed E-state index contributed by atoms with van der Waals surface area (Å²) >= 11 is 0. The lowest BCUT2D eigenvalue weighted by Crippen LogP contribution is -2.49. The lowest BCUT2D eigenvalue weighted by Gasteiger charge is -2.34. The maximum atomic E-state index is 13.5. The molecule has 3 heterocycles. The van der Waals surface area contributed by atoms with E-state index in [2.05, 4.69) is 15.5 Å². The van der Waals surface area contributed by atoms with Crippen molar-refractivity contribution in [3.63, 3.8) is 0 Å². The van der Waals surface area contributed by atoms with Crippen molar-refractivity contribution in [3.05, 3.63) is 71.4 Å². The summed E-state index contributed by atoms with van der Waals surface area (Å²) in [5.74, 6) is -0.763. The number of benzene rings is 2. The molecule has 0 spiro atoms. The minimum atomic E-state index is -0.897. The van der Waals surface area contributed by atoms with Crippen LogP contribution in [0.2, 0.25) is 0 Å². The van der Waals surface area contributed by atoms with Gasteiger partial charge < -0.3 is 19.3 Å². The van der Waals surface area contributed by atoms with E-state index < -0.39 is 5.97 Å². The Morgan fingerprint density at radius 3 is 2.41 bits per heavy atom. The van der Waals surface area contributed by atoms with Crippen LogP contribution in [0.15, 0.2) is 54.7 Å². The molecule has 166 valence electrons. The van der Waals surface area contributed by atoms with Crippen LogP contribution in [0.5, 0.6) is 0 Å². The van der Waals surface area contributed by atoms with Crippen molar-refractivity contribution in [1.82, 2.24) is 9.47 Å². The van der Waals surface area contributed by atoms with Gasteiger partial charge in [0.15, 0.2) is 0 Å². The number of morpholine rings is 1. The molecule has 2 unspecified atom stereocenters. The average Bonchev–Trinajstić information content (AvgIpc) is 3.30. The highest BCUT2D eigenvalue weighted by Crippen LogP contribution is 2.32. The van der Waals surface area contributed by atoms with Gasteiger partial charge in [-0.05, 0) is 55.9 Å². The number of carboxylic acids is 1. The molecule has 2 saturated heterocycles. The van der Waals surface area contributed by atoms with E-state index in [9.17, 15) is 9.59 Å². The minimum absolute atomic E-state index is 0.134. The van der Waals surface area contributed by atoms with Crippen molar-refractivity contribution in [2.45, 2.75) is 50.7 Å². The molecule has 5 rings (SSSR count). The van der Waals surface area contributed by atoms with E-state index in [1.807, 2.05) is 36.5 Å². The molecule has 0 aliphatic carbocycles. The molecule has 6 nitrogen and oxygen atoms in total. The second-order valence-electron chi connectivity index (χ2n) is 8.85. The van der Waals surface area contributed by atoms with E-state index in [-0.39, 0.29) is 18.0 Å². The average molecular weight is 433 g/mol. The third-order valence-electron chi connectivity index (χ3n) is 6.81. The van der Waals surface area contributed by atoms with Crippen LogP contribution in [0, 0.1) is 0 Å². The fourth-order valence-corrected chi connectivity index (χ4v) is 5.13. The van der Waals surface area contributed by atoms with Gasteiger partial charge >= 0.3 is 5.97 Å². The van der Waals surface area contributed by atoms with E-state index in [4.69, 9.17) is 9.84 Å². The van der Waals surface area contributed by atoms with Gasteiger partial charge in [-0.1, -0.05) is 30.3 Å². The fraction of sp³-hybridized carbons (Fsp3) is 0.385. The Morgan fingerprint density at radius 2 is 1.69 bits per heavy atom. The highest BCUT2D eigenvalue weighted by Gasteiger charge is 2.41. The summed E-state index contributed by atoms with van der Waals surface area (Å²) in [6.45, 7) is 2.14. The summed E-state index contributed by atoms with van der Waals surface area (Å²) in [5, 5.41) is 10.0. The molecule has 1 amide bonds. The van der Waals surface area contributed by atoms with Crippen LogP contribution >= 0.6 is 0 Å². The normalized spacial score (nSPS) is 20.1. The monoisotopic (exact) mass is 432 g/mol. The summed E-state index contributed by atoms with van der Waals surface area (Å²) in [7, 11) is 0. The number of nitrogens with zero attached hydrogens (tertiary/aromatic N) is 2. The van der Waals surface area contributed by atoms with Crippen LogP contribution in [0.25, 0.3) is 10.9 Å². The van der Waals surface area contributed by atoms with Gasteiger partial charge in [0.2, 0.25) is 0 Å². The second kappa shape index (κ2) is 8.79. The Labute approximate surface area is 187 Å². The Hall–Kier alpha value is -3.12. The number of carbonyl (C=O) groups is 2. The van der Waals surface area contributed by atoms with Gasteiger partial charge in [-0.3, -0.25) is 4.79 Å². The van der Waals surface area contributed by atoms with Crippen molar-refractivity contribution >= 4 is 22.8 Å². The highest BCUT2D eigenvalue weighted by atomic mass is 16.5. The predicted molar refractivity (Wildman–Crippen MR) is 122 cm³/mol. The van der Waals surface area contributed by atoms with Crippen molar-refractivity contribution < 1.29 is 19.4 Å².